The highest BCUT2D eigenvalue weighted by Crippen LogP contribution is 2.37. The molecule has 1 fully saturated rings. The van der Waals surface area contributed by atoms with Crippen LogP contribution in [0.15, 0.2) is 109 Å². The summed E-state index contributed by atoms with van der Waals surface area (Å²) in [6.45, 7) is 17.5. The fourth-order valence-electron chi connectivity index (χ4n) is 5.71. The van der Waals surface area contributed by atoms with Crippen LogP contribution < -0.4 is 10.6 Å². The Kier molecular flexibility index (Phi) is 9.84. The van der Waals surface area contributed by atoms with Crippen molar-refractivity contribution in [1.29, 1.82) is 0 Å². The van der Waals surface area contributed by atoms with Gasteiger partial charge in [-0.3, -0.25) is 0 Å². The highest BCUT2D eigenvalue weighted by molar-refractivity contribution is 5.50. The number of anilines is 1. The maximum Gasteiger partial charge on any atom is 0.0564 e. The van der Waals surface area contributed by atoms with Gasteiger partial charge in [-0.15, -0.1) is 0 Å². The minimum Gasteiger partial charge on any atom is -0.388 e. The highest BCUT2D eigenvalue weighted by Gasteiger charge is 2.32. The first-order chi connectivity index (χ1) is 18.5. The van der Waals surface area contributed by atoms with Gasteiger partial charge in [-0.2, -0.15) is 0 Å². The van der Waals surface area contributed by atoms with E-state index >= 15 is 0 Å². The third-order valence-corrected chi connectivity index (χ3v) is 8.11. The van der Waals surface area contributed by atoms with E-state index in [1.807, 2.05) is 0 Å². The molecule has 3 heteroatoms. The molecular weight excluding hydrogens is 462 g/mol. The summed E-state index contributed by atoms with van der Waals surface area (Å²) in [5.41, 5.74) is 7.05. The van der Waals surface area contributed by atoms with Crippen LogP contribution in [0.3, 0.4) is 0 Å². The maximum absolute atomic E-state index is 4.51. The molecule has 0 amide bonds. The van der Waals surface area contributed by atoms with Gasteiger partial charge in [-0.25, -0.2) is 0 Å². The van der Waals surface area contributed by atoms with Crippen LogP contribution >= 0.6 is 0 Å². The molecule has 3 aromatic rings. The van der Waals surface area contributed by atoms with Crippen molar-refractivity contribution in [2.75, 3.05) is 31.5 Å². The summed E-state index contributed by atoms with van der Waals surface area (Å²) in [7, 11) is 0. The molecule has 38 heavy (non-hydrogen) atoms. The first-order valence-electron chi connectivity index (χ1n) is 14.3. The summed E-state index contributed by atoms with van der Waals surface area (Å²) < 4.78 is 0. The second-order valence-corrected chi connectivity index (χ2v) is 10.8. The van der Waals surface area contributed by atoms with E-state index in [0.29, 0.717) is 5.92 Å². The van der Waals surface area contributed by atoms with E-state index in [1.165, 1.54) is 35.2 Å². The zero-order valence-corrected chi connectivity index (χ0v) is 23.4. The Balaban J connectivity index is 1.25. The number of rotatable bonds is 13. The molecule has 0 atom stereocenters. The fourth-order valence-corrected chi connectivity index (χ4v) is 5.71. The smallest absolute Gasteiger partial charge is 0.0564 e. The van der Waals surface area contributed by atoms with Crippen LogP contribution in [0, 0.1) is 0 Å². The Morgan fingerprint density at radius 1 is 0.895 bits per heavy atom. The number of nitrogens with one attached hydrogen (secondary N) is 2. The second-order valence-electron chi connectivity index (χ2n) is 10.8. The third kappa shape index (κ3) is 6.96. The quantitative estimate of drug-likeness (QED) is 0.229. The summed E-state index contributed by atoms with van der Waals surface area (Å²) in [5, 5.41) is 7.18. The van der Waals surface area contributed by atoms with Gasteiger partial charge >= 0.3 is 0 Å². The van der Waals surface area contributed by atoms with E-state index in [2.05, 4.69) is 127 Å². The minimum absolute atomic E-state index is 0.271. The molecule has 3 nitrogen and oxygen atoms in total. The standard InChI is InChI=1S/C35H45N3/c1-5-14-28(2)37-34-20-12-15-31(27-34)30-21-25-38(26-22-30)24-13-23-36-29(3)35(4,32-16-8-6-9-17-32)33-18-10-7-11-19-33/h6-12,15-20,27,30,36-37H,2-3,5,13-14,21-26H2,1,4H3. The van der Waals surface area contributed by atoms with Crippen LogP contribution in [0.4, 0.5) is 5.69 Å². The molecule has 1 aliphatic heterocycles. The average Bonchev–Trinajstić information content (AvgIpc) is 2.96. The number of benzene rings is 3. The van der Waals surface area contributed by atoms with Crippen molar-refractivity contribution < 1.29 is 0 Å². The summed E-state index contributed by atoms with van der Waals surface area (Å²) in [6.07, 6.45) is 5.69. The van der Waals surface area contributed by atoms with Crippen molar-refractivity contribution in [3.63, 3.8) is 0 Å². The molecule has 0 unspecified atom stereocenters. The predicted molar refractivity (Wildman–Crippen MR) is 164 cm³/mol. The molecule has 0 bridgehead atoms. The van der Waals surface area contributed by atoms with E-state index in [9.17, 15) is 0 Å². The van der Waals surface area contributed by atoms with Gasteiger partial charge in [0, 0.05) is 23.6 Å². The molecule has 0 saturated carbocycles. The largest absolute Gasteiger partial charge is 0.388 e. The van der Waals surface area contributed by atoms with Crippen molar-refractivity contribution in [2.24, 2.45) is 0 Å². The van der Waals surface area contributed by atoms with Crippen molar-refractivity contribution in [2.45, 2.75) is 57.3 Å². The van der Waals surface area contributed by atoms with Crippen molar-refractivity contribution in [3.05, 3.63) is 126 Å². The summed E-state index contributed by atoms with van der Waals surface area (Å²) in [6, 6.07) is 30.4. The van der Waals surface area contributed by atoms with Gasteiger partial charge in [-0.05, 0) is 87.0 Å². The van der Waals surface area contributed by atoms with Gasteiger partial charge < -0.3 is 15.5 Å². The molecule has 0 spiro atoms. The van der Waals surface area contributed by atoms with E-state index in [1.54, 1.807) is 0 Å². The number of nitrogens with zero attached hydrogens (tertiary/aromatic N) is 1. The van der Waals surface area contributed by atoms with Crippen molar-refractivity contribution in [1.82, 2.24) is 10.2 Å². The predicted octanol–water partition coefficient (Wildman–Crippen LogP) is 8.09. The topological polar surface area (TPSA) is 27.3 Å². The van der Waals surface area contributed by atoms with Gasteiger partial charge in [0.1, 0.15) is 0 Å². The minimum atomic E-state index is -0.271. The molecule has 0 aliphatic carbocycles. The van der Waals surface area contributed by atoms with Gasteiger partial charge in [0.15, 0.2) is 0 Å². The number of likely N-dealkylation sites (tertiary alicyclic amines) is 1. The zero-order chi connectivity index (χ0) is 26.8. The molecule has 2 N–H and O–H groups in total. The first-order valence-corrected chi connectivity index (χ1v) is 14.3. The highest BCUT2D eigenvalue weighted by atomic mass is 15.1. The molecule has 0 radical (unpaired) electrons. The Labute approximate surface area is 230 Å². The summed E-state index contributed by atoms with van der Waals surface area (Å²) >= 11 is 0. The Morgan fingerprint density at radius 3 is 2.13 bits per heavy atom. The van der Waals surface area contributed by atoms with Crippen LogP contribution in [0.5, 0.6) is 0 Å². The van der Waals surface area contributed by atoms with Gasteiger partial charge in [0.05, 0.1) is 5.41 Å². The number of hydrogen-bond donors (Lipinski definition) is 2. The number of piperidine rings is 1. The van der Waals surface area contributed by atoms with E-state index < -0.39 is 0 Å². The molecule has 4 rings (SSSR count). The molecule has 1 saturated heterocycles. The summed E-state index contributed by atoms with van der Waals surface area (Å²) in [4.78, 5) is 2.62. The normalized spacial score (nSPS) is 14.7. The molecule has 0 aromatic heterocycles. The first kappa shape index (κ1) is 27.7. The Hall–Kier alpha value is -3.30. The second kappa shape index (κ2) is 13.5. The molecule has 1 aliphatic rings. The molecular formula is C35H45N3. The van der Waals surface area contributed by atoms with Crippen LogP contribution in [-0.2, 0) is 5.41 Å². The lowest BCUT2D eigenvalue weighted by molar-refractivity contribution is 0.210. The van der Waals surface area contributed by atoms with Gasteiger partial charge in [-0.1, -0.05) is 99.3 Å². The van der Waals surface area contributed by atoms with Crippen LogP contribution in [0.2, 0.25) is 0 Å². The molecule has 1 heterocycles. The Bertz CT molecular complexity index is 1120. The van der Waals surface area contributed by atoms with Crippen LogP contribution in [0.1, 0.15) is 68.6 Å². The number of hydrogen-bond acceptors (Lipinski definition) is 3. The monoisotopic (exact) mass is 507 g/mol. The van der Waals surface area contributed by atoms with E-state index in [0.717, 1.165) is 56.8 Å². The van der Waals surface area contributed by atoms with Crippen LogP contribution in [-0.4, -0.2) is 31.1 Å². The lowest BCUT2D eigenvalue weighted by atomic mass is 9.74. The van der Waals surface area contributed by atoms with Gasteiger partial charge in [0.2, 0.25) is 0 Å². The van der Waals surface area contributed by atoms with Crippen molar-refractivity contribution in [3.8, 4) is 0 Å². The fraction of sp³-hybridized carbons (Fsp3) is 0.371. The van der Waals surface area contributed by atoms with Crippen LogP contribution in [0.25, 0.3) is 0 Å². The van der Waals surface area contributed by atoms with Gasteiger partial charge in [0.25, 0.3) is 0 Å². The zero-order valence-electron chi connectivity index (χ0n) is 23.4. The average molecular weight is 508 g/mol. The molecule has 200 valence electrons. The molecule has 3 aromatic carbocycles. The van der Waals surface area contributed by atoms with Crippen molar-refractivity contribution >= 4 is 5.69 Å². The van der Waals surface area contributed by atoms with E-state index in [4.69, 9.17) is 0 Å². The summed E-state index contributed by atoms with van der Waals surface area (Å²) in [5.74, 6) is 0.641. The third-order valence-electron chi connectivity index (χ3n) is 8.11. The number of allylic oxidation sites excluding steroid dienone is 2. The maximum atomic E-state index is 4.51. The Morgan fingerprint density at radius 2 is 1.53 bits per heavy atom. The lowest BCUT2D eigenvalue weighted by Crippen LogP contribution is -2.37. The lowest BCUT2D eigenvalue weighted by Gasteiger charge is -2.35. The SMILES string of the molecule is C=C(CCC)Nc1cccc(C2CCN(CCCNC(=C)C(C)(c3ccccc3)c3ccccc3)CC2)c1. The van der Waals surface area contributed by atoms with E-state index in [-0.39, 0.29) is 5.41 Å².